The minimum absolute atomic E-state index is 0.0885. The highest BCUT2D eigenvalue weighted by molar-refractivity contribution is 4.82. The van der Waals surface area contributed by atoms with Crippen LogP contribution in [-0.4, -0.2) is 12.1 Å². The van der Waals surface area contributed by atoms with Crippen LogP contribution >= 0.6 is 0 Å². The maximum atomic E-state index is 6.28. The number of hydrogen-bond donors (Lipinski definition) is 2. The van der Waals surface area contributed by atoms with Crippen LogP contribution in [0.15, 0.2) is 0 Å². The fourth-order valence-corrected chi connectivity index (χ4v) is 1.63. The van der Waals surface area contributed by atoms with Crippen LogP contribution in [0.1, 0.15) is 58.8 Å². The van der Waals surface area contributed by atoms with E-state index in [-0.39, 0.29) is 5.54 Å². The molecule has 0 spiro atoms. The van der Waals surface area contributed by atoms with E-state index < -0.39 is 0 Å². The first-order valence-corrected chi connectivity index (χ1v) is 5.67. The quantitative estimate of drug-likeness (QED) is 0.572. The van der Waals surface area contributed by atoms with E-state index in [1.807, 2.05) is 0 Å². The molecular weight excluding hydrogens is 160 g/mol. The molecule has 0 amide bonds. The van der Waals surface area contributed by atoms with Gasteiger partial charge < -0.3 is 11.5 Å². The molecular formula is C11H26N2. The third kappa shape index (κ3) is 6.05. The van der Waals surface area contributed by atoms with Crippen LogP contribution in [0.5, 0.6) is 0 Å². The maximum Gasteiger partial charge on any atom is 0.0151 e. The van der Waals surface area contributed by atoms with E-state index in [4.69, 9.17) is 11.5 Å². The standard InChI is InChI=1S/C11H26N2/c1-3-5-8-11(13,4-2)9-6-7-10-12/h3-10,12-13H2,1-2H3. The Balaban J connectivity index is 3.67. The summed E-state index contributed by atoms with van der Waals surface area (Å²) in [4.78, 5) is 0. The zero-order chi connectivity index (χ0) is 10.2. The molecule has 0 bridgehead atoms. The Bertz CT molecular complexity index is 115. The highest BCUT2D eigenvalue weighted by Gasteiger charge is 2.20. The summed E-state index contributed by atoms with van der Waals surface area (Å²) in [6.07, 6.45) is 8.21. The van der Waals surface area contributed by atoms with E-state index in [1.165, 1.54) is 25.7 Å². The summed E-state index contributed by atoms with van der Waals surface area (Å²) in [6, 6.07) is 0. The van der Waals surface area contributed by atoms with E-state index in [0.717, 1.165) is 25.8 Å². The summed E-state index contributed by atoms with van der Waals surface area (Å²) in [7, 11) is 0. The molecule has 0 heterocycles. The first kappa shape index (κ1) is 12.9. The number of unbranched alkanes of at least 4 members (excludes halogenated alkanes) is 2. The van der Waals surface area contributed by atoms with Crippen LogP contribution in [0.3, 0.4) is 0 Å². The molecule has 1 atom stereocenters. The second kappa shape index (κ2) is 7.34. The van der Waals surface area contributed by atoms with E-state index in [0.29, 0.717) is 0 Å². The lowest BCUT2D eigenvalue weighted by atomic mass is 9.86. The number of rotatable bonds is 8. The molecule has 1 unspecified atom stereocenters. The lowest BCUT2D eigenvalue weighted by Gasteiger charge is -2.28. The second-order valence-corrected chi connectivity index (χ2v) is 4.07. The molecule has 2 heteroatoms. The highest BCUT2D eigenvalue weighted by Crippen LogP contribution is 2.21. The van der Waals surface area contributed by atoms with Crippen LogP contribution < -0.4 is 11.5 Å². The van der Waals surface area contributed by atoms with Crippen molar-refractivity contribution in [3.63, 3.8) is 0 Å². The fraction of sp³-hybridized carbons (Fsp3) is 1.00. The topological polar surface area (TPSA) is 52.0 Å². The predicted octanol–water partition coefficient (Wildman–Crippen LogP) is 2.41. The van der Waals surface area contributed by atoms with Gasteiger partial charge in [0.2, 0.25) is 0 Å². The van der Waals surface area contributed by atoms with Crippen molar-refractivity contribution in [2.75, 3.05) is 6.54 Å². The second-order valence-electron chi connectivity index (χ2n) is 4.07. The normalized spacial score (nSPS) is 15.7. The Morgan fingerprint density at radius 3 is 2.08 bits per heavy atom. The average Bonchev–Trinajstić information content (AvgIpc) is 2.15. The van der Waals surface area contributed by atoms with Gasteiger partial charge in [0.25, 0.3) is 0 Å². The third-order valence-electron chi connectivity index (χ3n) is 2.86. The average molecular weight is 186 g/mol. The molecule has 0 saturated heterocycles. The van der Waals surface area contributed by atoms with Crippen molar-refractivity contribution in [2.45, 2.75) is 64.3 Å². The predicted molar refractivity (Wildman–Crippen MR) is 59.6 cm³/mol. The van der Waals surface area contributed by atoms with Gasteiger partial charge in [-0.1, -0.05) is 33.1 Å². The lowest BCUT2D eigenvalue weighted by molar-refractivity contribution is 0.331. The van der Waals surface area contributed by atoms with Gasteiger partial charge in [0, 0.05) is 5.54 Å². The van der Waals surface area contributed by atoms with Crippen LogP contribution in [0.4, 0.5) is 0 Å². The minimum Gasteiger partial charge on any atom is -0.330 e. The Morgan fingerprint density at radius 2 is 1.62 bits per heavy atom. The van der Waals surface area contributed by atoms with Crippen LogP contribution in [0, 0.1) is 0 Å². The van der Waals surface area contributed by atoms with E-state index in [2.05, 4.69) is 13.8 Å². The van der Waals surface area contributed by atoms with Gasteiger partial charge in [0.15, 0.2) is 0 Å². The highest BCUT2D eigenvalue weighted by atomic mass is 14.7. The van der Waals surface area contributed by atoms with E-state index in [1.54, 1.807) is 0 Å². The van der Waals surface area contributed by atoms with Gasteiger partial charge in [-0.05, 0) is 32.2 Å². The molecule has 0 aliphatic rings. The fourth-order valence-electron chi connectivity index (χ4n) is 1.63. The minimum atomic E-state index is 0.0885. The van der Waals surface area contributed by atoms with Crippen molar-refractivity contribution in [1.82, 2.24) is 0 Å². The zero-order valence-corrected chi connectivity index (χ0v) is 9.31. The molecule has 0 aromatic heterocycles. The molecule has 0 aliphatic heterocycles. The molecule has 80 valence electrons. The molecule has 0 aliphatic carbocycles. The molecule has 13 heavy (non-hydrogen) atoms. The van der Waals surface area contributed by atoms with Crippen molar-refractivity contribution in [3.8, 4) is 0 Å². The molecule has 0 saturated carbocycles. The molecule has 2 nitrogen and oxygen atoms in total. The van der Waals surface area contributed by atoms with Gasteiger partial charge in [0.1, 0.15) is 0 Å². The Hall–Kier alpha value is -0.0800. The van der Waals surface area contributed by atoms with Crippen molar-refractivity contribution in [3.05, 3.63) is 0 Å². The monoisotopic (exact) mass is 186 g/mol. The molecule has 0 rings (SSSR count). The summed E-state index contributed by atoms with van der Waals surface area (Å²) < 4.78 is 0. The maximum absolute atomic E-state index is 6.28. The third-order valence-corrected chi connectivity index (χ3v) is 2.86. The number of hydrogen-bond acceptors (Lipinski definition) is 2. The summed E-state index contributed by atoms with van der Waals surface area (Å²) >= 11 is 0. The molecule has 4 N–H and O–H groups in total. The van der Waals surface area contributed by atoms with Gasteiger partial charge >= 0.3 is 0 Å². The van der Waals surface area contributed by atoms with Crippen LogP contribution in [0.25, 0.3) is 0 Å². The summed E-state index contributed by atoms with van der Waals surface area (Å²) in [5, 5.41) is 0. The van der Waals surface area contributed by atoms with Crippen LogP contribution in [-0.2, 0) is 0 Å². The smallest absolute Gasteiger partial charge is 0.0151 e. The number of nitrogens with two attached hydrogens (primary N) is 2. The summed E-state index contributed by atoms with van der Waals surface area (Å²) in [5.74, 6) is 0. The Morgan fingerprint density at radius 1 is 1.00 bits per heavy atom. The molecule has 0 aromatic carbocycles. The van der Waals surface area contributed by atoms with Crippen molar-refractivity contribution < 1.29 is 0 Å². The van der Waals surface area contributed by atoms with Crippen molar-refractivity contribution in [2.24, 2.45) is 11.5 Å². The van der Waals surface area contributed by atoms with Gasteiger partial charge in [-0.2, -0.15) is 0 Å². The Labute approximate surface area is 83.1 Å². The van der Waals surface area contributed by atoms with Gasteiger partial charge in [-0.3, -0.25) is 0 Å². The summed E-state index contributed by atoms with van der Waals surface area (Å²) in [6.45, 7) is 5.21. The zero-order valence-electron chi connectivity index (χ0n) is 9.31. The van der Waals surface area contributed by atoms with E-state index >= 15 is 0 Å². The lowest BCUT2D eigenvalue weighted by Crippen LogP contribution is -2.39. The molecule has 0 radical (unpaired) electrons. The first-order valence-electron chi connectivity index (χ1n) is 5.67. The molecule has 0 aromatic rings. The largest absolute Gasteiger partial charge is 0.330 e. The van der Waals surface area contributed by atoms with Gasteiger partial charge in [0.05, 0.1) is 0 Å². The van der Waals surface area contributed by atoms with Crippen molar-refractivity contribution >= 4 is 0 Å². The van der Waals surface area contributed by atoms with Gasteiger partial charge in [-0.25, -0.2) is 0 Å². The van der Waals surface area contributed by atoms with E-state index in [9.17, 15) is 0 Å². The van der Waals surface area contributed by atoms with Crippen LogP contribution in [0.2, 0.25) is 0 Å². The Kier molecular flexibility index (Phi) is 7.29. The first-order chi connectivity index (χ1) is 6.18. The van der Waals surface area contributed by atoms with Gasteiger partial charge in [-0.15, -0.1) is 0 Å². The van der Waals surface area contributed by atoms with Crippen molar-refractivity contribution in [1.29, 1.82) is 0 Å². The summed E-state index contributed by atoms with van der Waals surface area (Å²) in [5.41, 5.74) is 11.8. The molecule has 0 fully saturated rings. The SMILES string of the molecule is CCCCC(N)(CC)CCCCN.